The minimum Gasteiger partial charge on any atom is -0.324 e. The van der Waals surface area contributed by atoms with Crippen LogP contribution in [-0.2, 0) is 16.0 Å². The molecule has 0 saturated carbocycles. The predicted molar refractivity (Wildman–Crippen MR) is 119 cm³/mol. The van der Waals surface area contributed by atoms with Gasteiger partial charge in [0.2, 0.25) is 11.8 Å². The average Bonchev–Trinajstić information content (AvgIpc) is 3.38. The van der Waals surface area contributed by atoms with Gasteiger partial charge in [-0.3, -0.25) is 9.59 Å². The Morgan fingerprint density at radius 1 is 1.23 bits per heavy atom. The number of aryl methyl sites for hydroxylation is 1. The van der Waals surface area contributed by atoms with E-state index in [2.05, 4.69) is 10.3 Å². The molecule has 1 N–H and O–H groups in total. The highest BCUT2D eigenvalue weighted by Gasteiger charge is 2.34. The van der Waals surface area contributed by atoms with Gasteiger partial charge in [0, 0.05) is 22.4 Å². The fraction of sp³-hybridized carbons (Fsp3) is 0.227. The Morgan fingerprint density at radius 3 is 2.87 bits per heavy atom. The summed E-state index contributed by atoms with van der Waals surface area (Å²) in [7, 11) is 0. The maximum absolute atomic E-state index is 13.4. The molecule has 0 spiro atoms. The molecule has 1 aliphatic heterocycles. The smallest absolute Gasteiger partial charge is 0.248 e. The molecule has 1 atom stereocenters. The van der Waals surface area contributed by atoms with Crippen LogP contribution in [0, 0.1) is 12.7 Å². The lowest BCUT2D eigenvalue weighted by molar-refractivity contribution is -0.135. The third kappa shape index (κ3) is 4.71. The Bertz CT molecular complexity index is 1090. The van der Waals surface area contributed by atoms with E-state index in [0.717, 1.165) is 11.3 Å². The number of halogens is 1. The summed E-state index contributed by atoms with van der Waals surface area (Å²) in [4.78, 5) is 31.7. The van der Waals surface area contributed by atoms with Crippen LogP contribution in [0.2, 0.25) is 0 Å². The molecule has 30 heavy (non-hydrogen) atoms. The van der Waals surface area contributed by atoms with E-state index in [9.17, 15) is 14.0 Å². The second kappa shape index (κ2) is 8.97. The van der Waals surface area contributed by atoms with Crippen molar-refractivity contribution in [3.8, 4) is 10.6 Å². The van der Waals surface area contributed by atoms with Crippen LogP contribution in [0.3, 0.4) is 0 Å². The third-order valence-corrected chi connectivity index (χ3v) is 6.70. The Balaban J connectivity index is 1.42. The van der Waals surface area contributed by atoms with E-state index in [1.807, 2.05) is 36.6 Å². The number of aromatic nitrogens is 1. The average molecular weight is 442 g/mol. The van der Waals surface area contributed by atoms with E-state index in [1.54, 1.807) is 28.8 Å². The molecule has 1 aliphatic rings. The summed E-state index contributed by atoms with van der Waals surface area (Å²) < 4.78 is 13.4. The minimum absolute atomic E-state index is 0.112. The normalized spacial score (nSPS) is 15.9. The fourth-order valence-corrected chi connectivity index (χ4v) is 5.25. The molecule has 5 nitrogen and oxygen atoms in total. The lowest BCUT2D eigenvalue weighted by Gasteiger charge is -2.23. The predicted octanol–water partition coefficient (Wildman–Crippen LogP) is 4.34. The van der Waals surface area contributed by atoms with Gasteiger partial charge in [-0.15, -0.1) is 23.1 Å². The first kappa shape index (κ1) is 20.6. The van der Waals surface area contributed by atoms with Gasteiger partial charge in [0.25, 0.3) is 0 Å². The first-order valence-corrected chi connectivity index (χ1v) is 11.5. The Morgan fingerprint density at radius 2 is 2.07 bits per heavy atom. The molecule has 0 aliphatic carbocycles. The van der Waals surface area contributed by atoms with E-state index in [0.29, 0.717) is 27.9 Å². The summed E-state index contributed by atoms with van der Waals surface area (Å²) in [5.41, 5.74) is 3.09. The molecule has 1 aromatic heterocycles. The zero-order valence-corrected chi connectivity index (χ0v) is 17.9. The van der Waals surface area contributed by atoms with Gasteiger partial charge in [0.05, 0.1) is 18.0 Å². The number of carbonyl (C=O) groups excluding carboxylic acids is 2. The largest absolute Gasteiger partial charge is 0.324 e. The molecular formula is C22H20FN3O2S2. The molecule has 3 aromatic rings. The van der Waals surface area contributed by atoms with E-state index in [4.69, 9.17) is 0 Å². The Kier molecular flexibility index (Phi) is 6.15. The zero-order valence-electron chi connectivity index (χ0n) is 16.3. The molecular weight excluding hydrogens is 421 g/mol. The number of thioether (sulfide) groups is 1. The van der Waals surface area contributed by atoms with Crippen molar-refractivity contribution < 1.29 is 14.0 Å². The van der Waals surface area contributed by atoms with Crippen molar-refractivity contribution in [2.24, 2.45) is 0 Å². The minimum atomic E-state index is -0.510. The number of nitrogens with zero attached hydrogens (tertiary/aromatic N) is 2. The number of amides is 2. The van der Waals surface area contributed by atoms with Crippen molar-refractivity contribution >= 4 is 40.6 Å². The molecule has 1 fully saturated rings. The summed E-state index contributed by atoms with van der Waals surface area (Å²) >= 11 is 2.93. The van der Waals surface area contributed by atoms with Gasteiger partial charge in [-0.25, -0.2) is 9.37 Å². The second-order valence-electron chi connectivity index (χ2n) is 7.07. The molecule has 154 valence electrons. The van der Waals surface area contributed by atoms with E-state index < -0.39 is 6.04 Å². The van der Waals surface area contributed by atoms with Crippen molar-refractivity contribution in [3.05, 3.63) is 71.0 Å². The molecule has 2 amide bonds. The van der Waals surface area contributed by atoms with Crippen LogP contribution in [0.25, 0.3) is 10.6 Å². The van der Waals surface area contributed by atoms with Gasteiger partial charge in [0.15, 0.2) is 0 Å². The number of hydrogen-bond acceptors (Lipinski definition) is 5. The van der Waals surface area contributed by atoms with Crippen molar-refractivity contribution in [1.29, 1.82) is 0 Å². The standard InChI is InChI=1S/C22H20FN3O2S2/c1-14-4-2-7-17(8-14)24-21(28)19-12-29-13-26(19)20(27)10-18-11-30-22(25-18)15-5-3-6-16(23)9-15/h2-9,11,19H,10,12-13H2,1H3,(H,24,28). The molecule has 0 radical (unpaired) electrons. The van der Waals surface area contributed by atoms with Crippen molar-refractivity contribution in [1.82, 2.24) is 9.88 Å². The van der Waals surface area contributed by atoms with E-state index >= 15 is 0 Å². The molecule has 2 heterocycles. The Labute approximate surface area is 182 Å². The molecule has 8 heteroatoms. The van der Waals surface area contributed by atoms with Crippen molar-refractivity contribution in [2.45, 2.75) is 19.4 Å². The highest BCUT2D eigenvalue weighted by atomic mass is 32.2. The molecule has 0 bridgehead atoms. The number of nitrogens with one attached hydrogen (secondary N) is 1. The summed E-state index contributed by atoms with van der Waals surface area (Å²) in [5.74, 6) is 0.399. The van der Waals surface area contributed by atoms with Crippen LogP contribution >= 0.6 is 23.1 Å². The number of hydrogen-bond donors (Lipinski definition) is 1. The first-order valence-electron chi connectivity index (χ1n) is 9.45. The van der Waals surface area contributed by atoms with Gasteiger partial charge < -0.3 is 10.2 Å². The lowest BCUT2D eigenvalue weighted by atomic mass is 10.2. The highest BCUT2D eigenvalue weighted by Crippen LogP contribution is 2.27. The van der Waals surface area contributed by atoms with Gasteiger partial charge in [-0.05, 0) is 36.8 Å². The quantitative estimate of drug-likeness (QED) is 0.640. The Hall–Kier alpha value is -2.71. The molecule has 4 rings (SSSR count). The van der Waals surface area contributed by atoms with Gasteiger partial charge in [0.1, 0.15) is 16.9 Å². The summed E-state index contributed by atoms with van der Waals surface area (Å²) in [5, 5.41) is 5.39. The van der Waals surface area contributed by atoms with Crippen molar-refractivity contribution in [2.75, 3.05) is 16.9 Å². The SMILES string of the molecule is Cc1cccc(NC(=O)C2CSCN2C(=O)Cc2csc(-c3cccc(F)c3)n2)c1. The summed E-state index contributed by atoms with van der Waals surface area (Å²) in [6.07, 6.45) is 0.112. The zero-order chi connectivity index (χ0) is 21.1. The topological polar surface area (TPSA) is 62.3 Å². The molecule has 1 saturated heterocycles. The van der Waals surface area contributed by atoms with Crippen LogP contribution < -0.4 is 5.32 Å². The van der Waals surface area contributed by atoms with Gasteiger partial charge in [-0.2, -0.15) is 0 Å². The van der Waals surface area contributed by atoms with Crippen LogP contribution in [0.1, 0.15) is 11.3 Å². The molecule has 1 unspecified atom stereocenters. The monoisotopic (exact) mass is 441 g/mol. The van der Waals surface area contributed by atoms with Gasteiger partial charge >= 0.3 is 0 Å². The third-order valence-electron chi connectivity index (χ3n) is 4.75. The van der Waals surface area contributed by atoms with Crippen LogP contribution in [0.5, 0.6) is 0 Å². The summed E-state index contributed by atoms with van der Waals surface area (Å²) in [6.45, 7) is 1.96. The molecule has 2 aromatic carbocycles. The highest BCUT2D eigenvalue weighted by molar-refractivity contribution is 7.99. The van der Waals surface area contributed by atoms with Crippen LogP contribution in [0.15, 0.2) is 53.9 Å². The van der Waals surface area contributed by atoms with Crippen LogP contribution in [-0.4, -0.2) is 39.4 Å². The van der Waals surface area contributed by atoms with Crippen LogP contribution in [0.4, 0.5) is 10.1 Å². The second-order valence-corrected chi connectivity index (χ2v) is 8.93. The lowest BCUT2D eigenvalue weighted by Crippen LogP contribution is -2.45. The first-order chi connectivity index (χ1) is 14.5. The van der Waals surface area contributed by atoms with Gasteiger partial charge in [-0.1, -0.05) is 24.3 Å². The number of thiazole rings is 1. The number of anilines is 1. The maximum Gasteiger partial charge on any atom is 0.248 e. The number of benzene rings is 2. The summed E-state index contributed by atoms with van der Waals surface area (Å²) in [6, 6.07) is 13.3. The number of carbonyl (C=O) groups is 2. The van der Waals surface area contributed by atoms with Crippen molar-refractivity contribution in [3.63, 3.8) is 0 Å². The number of rotatable bonds is 5. The fourth-order valence-electron chi connectivity index (χ4n) is 3.25. The maximum atomic E-state index is 13.4. The van der Waals surface area contributed by atoms with E-state index in [1.165, 1.54) is 23.5 Å². The van der Waals surface area contributed by atoms with E-state index in [-0.39, 0.29) is 24.1 Å².